The smallest absolute Gasteiger partial charge is 0.148 e. The molecule has 2 rings (SSSR count). The lowest BCUT2D eigenvalue weighted by atomic mass is 10.2. The first kappa shape index (κ1) is 13.4. The van der Waals surface area contributed by atoms with E-state index in [1.807, 2.05) is 43.6 Å². The summed E-state index contributed by atoms with van der Waals surface area (Å²) >= 11 is 0. The molecule has 1 aromatic heterocycles. The molecule has 1 aromatic carbocycles. The Kier molecular flexibility index (Phi) is 4.84. The lowest BCUT2D eigenvalue weighted by Crippen LogP contribution is -2.02. The highest BCUT2D eigenvalue weighted by molar-refractivity contribution is 5.85. The van der Waals surface area contributed by atoms with Crippen molar-refractivity contribution < 1.29 is 4.74 Å². The Hall–Kier alpha value is -1.68. The monoisotopic (exact) mass is 253 g/mol. The summed E-state index contributed by atoms with van der Waals surface area (Å²) in [6.07, 6.45) is 1.91. The fourth-order valence-electron chi connectivity index (χ4n) is 1.54. The average Bonchev–Trinajstić information content (AvgIpc) is 2.73. The van der Waals surface area contributed by atoms with Crippen LogP contribution in [0.2, 0.25) is 0 Å². The number of ether oxygens (including phenoxy) is 1. The number of halogens is 1. The number of para-hydroxylation sites is 1. The second-order valence-electron chi connectivity index (χ2n) is 3.54. The Morgan fingerprint density at radius 3 is 2.71 bits per heavy atom. The van der Waals surface area contributed by atoms with Gasteiger partial charge in [-0.15, -0.1) is 12.4 Å². The summed E-state index contributed by atoms with van der Waals surface area (Å²) in [6.45, 7) is 0.709. The average molecular weight is 254 g/mol. The molecule has 0 bridgehead atoms. The van der Waals surface area contributed by atoms with Crippen LogP contribution in [0, 0.1) is 0 Å². The predicted molar refractivity (Wildman–Crippen MR) is 70.8 cm³/mol. The van der Waals surface area contributed by atoms with Crippen LogP contribution in [0.3, 0.4) is 0 Å². The van der Waals surface area contributed by atoms with E-state index in [4.69, 9.17) is 4.74 Å². The molecule has 0 aliphatic rings. The van der Waals surface area contributed by atoms with Gasteiger partial charge in [0.25, 0.3) is 0 Å². The number of anilines is 1. The van der Waals surface area contributed by atoms with Gasteiger partial charge in [-0.05, 0) is 6.07 Å². The van der Waals surface area contributed by atoms with Crippen LogP contribution in [0.4, 0.5) is 5.82 Å². The Morgan fingerprint density at radius 2 is 2.06 bits per heavy atom. The number of rotatable bonds is 4. The normalized spacial score (nSPS) is 9.53. The van der Waals surface area contributed by atoms with E-state index < -0.39 is 0 Å². The van der Waals surface area contributed by atoms with E-state index in [1.54, 1.807) is 11.8 Å². The zero-order valence-corrected chi connectivity index (χ0v) is 10.7. The Labute approximate surface area is 107 Å². The van der Waals surface area contributed by atoms with Gasteiger partial charge in [0.15, 0.2) is 0 Å². The lowest BCUT2D eigenvalue weighted by Gasteiger charge is -2.08. The molecule has 0 saturated heterocycles. The first-order chi connectivity index (χ1) is 7.79. The van der Waals surface area contributed by atoms with E-state index in [0.29, 0.717) is 6.54 Å². The second-order valence-corrected chi connectivity index (χ2v) is 3.54. The summed E-state index contributed by atoms with van der Waals surface area (Å²) in [4.78, 5) is 0. The van der Waals surface area contributed by atoms with Crippen LogP contribution in [0.25, 0.3) is 0 Å². The first-order valence-corrected chi connectivity index (χ1v) is 5.15. The molecule has 17 heavy (non-hydrogen) atoms. The largest absolute Gasteiger partial charge is 0.496 e. The molecule has 1 N–H and O–H groups in total. The maximum atomic E-state index is 5.27. The molecule has 0 amide bonds. The van der Waals surface area contributed by atoms with Crippen LogP contribution in [0.5, 0.6) is 5.75 Å². The van der Waals surface area contributed by atoms with E-state index in [9.17, 15) is 0 Å². The van der Waals surface area contributed by atoms with Crippen LogP contribution in [-0.4, -0.2) is 16.9 Å². The molecule has 1 heterocycles. The van der Waals surface area contributed by atoms with Crippen molar-refractivity contribution in [1.29, 1.82) is 0 Å². The third-order valence-corrected chi connectivity index (χ3v) is 2.37. The zero-order valence-electron chi connectivity index (χ0n) is 9.88. The molecule has 5 heteroatoms. The van der Waals surface area contributed by atoms with Crippen molar-refractivity contribution in [2.24, 2.45) is 7.05 Å². The summed E-state index contributed by atoms with van der Waals surface area (Å²) in [7, 11) is 3.58. The van der Waals surface area contributed by atoms with Crippen molar-refractivity contribution in [1.82, 2.24) is 9.78 Å². The van der Waals surface area contributed by atoms with Gasteiger partial charge in [-0.2, -0.15) is 5.10 Å². The van der Waals surface area contributed by atoms with Gasteiger partial charge in [-0.1, -0.05) is 18.2 Å². The van der Waals surface area contributed by atoms with E-state index in [2.05, 4.69) is 10.4 Å². The number of benzene rings is 1. The van der Waals surface area contributed by atoms with Crippen LogP contribution >= 0.6 is 12.4 Å². The molecule has 4 nitrogen and oxygen atoms in total. The fraction of sp³-hybridized carbons (Fsp3) is 0.250. The third kappa shape index (κ3) is 3.39. The number of hydrogen-bond acceptors (Lipinski definition) is 3. The molecule has 0 spiro atoms. The van der Waals surface area contributed by atoms with Gasteiger partial charge in [-0.25, -0.2) is 0 Å². The number of nitrogens with zero attached hydrogens (tertiary/aromatic N) is 2. The summed E-state index contributed by atoms with van der Waals surface area (Å²) < 4.78 is 7.04. The van der Waals surface area contributed by atoms with E-state index in [1.165, 1.54) is 0 Å². The first-order valence-electron chi connectivity index (χ1n) is 5.15. The molecule has 0 unspecified atom stereocenters. The molecular formula is C12H16ClN3O. The van der Waals surface area contributed by atoms with Gasteiger partial charge in [0.1, 0.15) is 11.6 Å². The molecule has 0 aliphatic carbocycles. The van der Waals surface area contributed by atoms with Crippen LogP contribution < -0.4 is 10.1 Å². The highest BCUT2D eigenvalue weighted by atomic mass is 35.5. The third-order valence-electron chi connectivity index (χ3n) is 2.37. The standard InChI is InChI=1S/C12H15N3O.ClH/c1-15-8-7-12(14-15)13-9-10-5-3-4-6-11(10)16-2;/h3-8H,9H2,1-2H3,(H,13,14);1H. The zero-order chi connectivity index (χ0) is 11.4. The van der Waals surface area contributed by atoms with Gasteiger partial charge in [0, 0.05) is 31.4 Å². The van der Waals surface area contributed by atoms with Gasteiger partial charge in [0.05, 0.1) is 7.11 Å². The molecule has 92 valence electrons. The minimum absolute atomic E-state index is 0. The molecule has 0 aliphatic heterocycles. The minimum Gasteiger partial charge on any atom is -0.496 e. The molecule has 2 aromatic rings. The number of methoxy groups -OCH3 is 1. The topological polar surface area (TPSA) is 39.1 Å². The number of hydrogen-bond donors (Lipinski definition) is 1. The van der Waals surface area contributed by atoms with Crippen LogP contribution in [-0.2, 0) is 13.6 Å². The summed E-state index contributed by atoms with van der Waals surface area (Å²) in [5, 5.41) is 7.49. The van der Waals surface area contributed by atoms with Crippen molar-refractivity contribution in [3.05, 3.63) is 42.1 Å². The number of nitrogens with one attached hydrogen (secondary N) is 1. The SMILES string of the molecule is COc1ccccc1CNc1ccn(C)n1.Cl. The summed E-state index contributed by atoms with van der Waals surface area (Å²) in [5.74, 6) is 1.76. The fourth-order valence-corrected chi connectivity index (χ4v) is 1.54. The van der Waals surface area contributed by atoms with Crippen molar-refractivity contribution in [2.75, 3.05) is 12.4 Å². The van der Waals surface area contributed by atoms with Crippen LogP contribution in [0.1, 0.15) is 5.56 Å². The summed E-state index contributed by atoms with van der Waals surface area (Å²) in [5.41, 5.74) is 1.12. The number of aryl methyl sites for hydroxylation is 1. The van der Waals surface area contributed by atoms with E-state index >= 15 is 0 Å². The van der Waals surface area contributed by atoms with Crippen molar-refractivity contribution in [3.63, 3.8) is 0 Å². The van der Waals surface area contributed by atoms with Crippen molar-refractivity contribution >= 4 is 18.2 Å². The van der Waals surface area contributed by atoms with E-state index in [0.717, 1.165) is 17.1 Å². The molecule has 0 radical (unpaired) electrons. The lowest BCUT2D eigenvalue weighted by molar-refractivity contribution is 0.410. The Balaban J connectivity index is 0.00000144. The molecule has 0 atom stereocenters. The van der Waals surface area contributed by atoms with Crippen LogP contribution in [0.15, 0.2) is 36.5 Å². The van der Waals surface area contributed by atoms with E-state index in [-0.39, 0.29) is 12.4 Å². The van der Waals surface area contributed by atoms with Gasteiger partial charge in [-0.3, -0.25) is 4.68 Å². The number of aromatic nitrogens is 2. The molecular weight excluding hydrogens is 238 g/mol. The van der Waals surface area contributed by atoms with Crippen molar-refractivity contribution in [3.8, 4) is 5.75 Å². The maximum Gasteiger partial charge on any atom is 0.148 e. The Bertz CT molecular complexity index is 470. The predicted octanol–water partition coefficient (Wildman–Crippen LogP) is 2.46. The van der Waals surface area contributed by atoms with Gasteiger partial charge >= 0.3 is 0 Å². The molecule has 0 fully saturated rings. The quantitative estimate of drug-likeness (QED) is 0.910. The Morgan fingerprint density at radius 1 is 1.29 bits per heavy atom. The highest BCUT2D eigenvalue weighted by Gasteiger charge is 2.01. The second kappa shape index (κ2) is 6.15. The minimum atomic E-state index is 0. The highest BCUT2D eigenvalue weighted by Crippen LogP contribution is 2.18. The van der Waals surface area contributed by atoms with Gasteiger partial charge < -0.3 is 10.1 Å². The molecule has 0 saturated carbocycles. The van der Waals surface area contributed by atoms with Crippen molar-refractivity contribution in [2.45, 2.75) is 6.54 Å². The summed E-state index contributed by atoms with van der Waals surface area (Å²) in [6, 6.07) is 9.89. The maximum absolute atomic E-state index is 5.27. The van der Waals surface area contributed by atoms with Gasteiger partial charge in [0.2, 0.25) is 0 Å².